The van der Waals surface area contributed by atoms with Gasteiger partial charge in [-0.05, 0) is 59.5 Å². The molecule has 1 heterocycles. The number of aryl methyl sites for hydroxylation is 1. The largest absolute Gasteiger partial charge is 0.494 e. The highest BCUT2D eigenvalue weighted by Gasteiger charge is 2.15. The maximum Gasteiger partial charge on any atom is 0.337 e. The molecule has 2 N–H and O–H groups in total. The van der Waals surface area contributed by atoms with Gasteiger partial charge in [-0.2, -0.15) is 5.26 Å². The molecule has 4 aromatic rings. The molecule has 0 fully saturated rings. The minimum Gasteiger partial charge on any atom is -0.494 e. The van der Waals surface area contributed by atoms with Crippen LogP contribution >= 0.6 is 0 Å². The van der Waals surface area contributed by atoms with Crippen molar-refractivity contribution in [3.8, 4) is 28.8 Å². The van der Waals surface area contributed by atoms with Gasteiger partial charge in [0.1, 0.15) is 0 Å². The van der Waals surface area contributed by atoms with Crippen molar-refractivity contribution in [2.24, 2.45) is 4.99 Å². The zero-order chi connectivity index (χ0) is 23.4. The lowest BCUT2D eigenvalue weighted by molar-refractivity contribution is 0.0698. The highest BCUT2D eigenvalue weighted by Crippen LogP contribution is 2.30. The van der Waals surface area contributed by atoms with Crippen molar-refractivity contribution in [3.05, 3.63) is 101 Å². The van der Waals surface area contributed by atoms with Crippen molar-refractivity contribution >= 4 is 17.9 Å². The molecule has 0 unspecified atom stereocenters. The molecule has 0 amide bonds. The van der Waals surface area contributed by atoms with Crippen LogP contribution in [0.2, 0.25) is 0 Å². The van der Waals surface area contributed by atoms with E-state index < -0.39 is 5.97 Å². The second-order valence-electron chi connectivity index (χ2n) is 7.44. The first-order valence-corrected chi connectivity index (χ1v) is 10.4. The summed E-state index contributed by atoms with van der Waals surface area (Å²) in [6.07, 6.45) is 3.96. The summed E-state index contributed by atoms with van der Waals surface area (Å²) in [7, 11) is 0. The molecule has 4 rings (SSSR count). The number of carbonyl (C=O) groups is 1. The molecule has 3 aromatic carbocycles. The molecule has 0 aliphatic rings. The van der Waals surface area contributed by atoms with Gasteiger partial charge < -0.3 is 10.2 Å². The number of aromatic nitrogens is 1. The van der Waals surface area contributed by atoms with E-state index in [-0.39, 0.29) is 11.4 Å². The lowest BCUT2D eigenvalue weighted by atomic mass is 10.0. The number of benzene rings is 3. The summed E-state index contributed by atoms with van der Waals surface area (Å²) < 4.78 is 1.62. The SMILES string of the molecule is CCc1cn(-c2ccc(C#N)cc2)c(O)c1C=Nc1ccc(-c2ccccc2)cc1C(=O)O. The number of aromatic carboxylic acids is 1. The summed E-state index contributed by atoms with van der Waals surface area (Å²) >= 11 is 0. The van der Waals surface area contributed by atoms with Crippen LogP contribution in [0, 0.1) is 11.3 Å². The number of carboxylic acids is 1. The molecular weight excluding hydrogens is 414 g/mol. The number of aromatic hydroxyl groups is 1. The molecule has 0 aliphatic heterocycles. The van der Waals surface area contributed by atoms with E-state index in [4.69, 9.17) is 5.26 Å². The van der Waals surface area contributed by atoms with E-state index in [0.29, 0.717) is 28.9 Å². The average Bonchev–Trinajstić information content (AvgIpc) is 3.18. The molecule has 0 spiro atoms. The predicted octanol–water partition coefficient (Wildman–Crippen LogP) is 5.73. The van der Waals surface area contributed by atoms with Crippen molar-refractivity contribution in [2.75, 3.05) is 0 Å². The molecule has 1 aromatic heterocycles. The number of hydrogen-bond donors (Lipinski definition) is 2. The van der Waals surface area contributed by atoms with Gasteiger partial charge in [0.2, 0.25) is 5.88 Å². The lowest BCUT2D eigenvalue weighted by Gasteiger charge is -2.07. The third kappa shape index (κ3) is 4.39. The Kier molecular flexibility index (Phi) is 6.05. The molecule has 0 atom stereocenters. The van der Waals surface area contributed by atoms with Crippen molar-refractivity contribution in [1.29, 1.82) is 5.26 Å². The third-order valence-corrected chi connectivity index (χ3v) is 5.42. The minimum absolute atomic E-state index is 0.00177. The van der Waals surface area contributed by atoms with Crippen LogP contribution in [0.15, 0.2) is 84.0 Å². The Morgan fingerprint density at radius 3 is 2.42 bits per heavy atom. The van der Waals surface area contributed by atoms with E-state index in [1.165, 1.54) is 6.21 Å². The third-order valence-electron chi connectivity index (χ3n) is 5.42. The van der Waals surface area contributed by atoms with E-state index in [1.807, 2.05) is 49.5 Å². The number of nitrogens with zero attached hydrogens (tertiary/aromatic N) is 3. The molecule has 0 radical (unpaired) electrons. The van der Waals surface area contributed by atoms with Crippen LogP contribution in [-0.2, 0) is 6.42 Å². The predicted molar refractivity (Wildman–Crippen MR) is 128 cm³/mol. The Hall–Kier alpha value is -4.63. The van der Waals surface area contributed by atoms with Crippen molar-refractivity contribution < 1.29 is 15.0 Å². The van der Waals surface area contributed by atoms with E-state index in [2.05, 4.69) is 11.1 Å². The molecule has 33 heavy (non-hydrogen) atoms. The van der Waals surface area contributed by atoms with Crippen molar-refractivity contribution in [2.45, 2.75) is 13.3 Å². The fourth-order valence-corrected chi connectivity index (χ4v) is 3.64. The topological polar surface area (TPSA) is 98.6 Å². The summed E-state index contributed by atoms with van der Waals surface area (Å²) in [4.78, 5) is 16.3. The first kappa shape index (κ1) is 21.6. The van der Waals surface area contributed by atoms with Gasteiger partial charge in [-0.15, -0.1) is 0 Å². The smallest absolute Gasteiger partial charge is 0.337 e. The van der Waals surface area contributed by atoms with E-state index in [9.17, 15) is 15.0 Å². The monoisotopic (exact) mass is 435 g/mol. The molecule has 0 saturated carbocycles. The van der Waals surface area contributed by atoms with Crippen LogP contribution in [0.25, 0.3) is 16.8 Å². The number of carboxylic acid groups (broad SMARTS) is 1. The van der Waals surface area contributed by atoms with E-state index >= 15 is 0 Å². The molecular formula is C27H21N3O3. The Labute approximate surface area is 191 Å². The molecule has 0 aliphatic carbocycles. The standard InChI is InChI=1S/C27H21N3O3/c1-2-19-17-30(22-11-8-18(15-28)9-12-22)26(31)24(19)16-29-25-13-10-21(14-23(25)27(32)33)20-6-4-3-5-7-20/h3-14,16-17,31H,2H2,1H3,(H,32,33). The molecule has 6 heteroatoms. The van der Waals surface area contributed by atoms with E-state index in [1.54, 1.807) is 41.0 Å². The van der Waals surface area contributed by atoms with Crippen LogP contribution in [0.5, 0.6) is 5.88 Å². The van der Waals surface area contributed by atoms with Gasteiger partial charge in [0, 0.05) is 18.1 Å². The quantitative estimate of drug-likeness (QED) is 0.378. The number of nitriles is 1. The van der Waals surface area contributed by atoms with Crippen LogP contribution in [-0.4, -0.2) is 27.0 Å². The minimum atomic E-state index is -1.07. The fraction of sp³-hybridized carbons (Fsp3) is 0.0741. The van der Waals surface area contributed by atoms with E-state index in [0.717, 1.165) is 16.7 Å². The summed E-state index contributed by atoms with van der Waals surface area (Å²) in [5.41, 5.74) is 4.70. The maximum atomic E-state index is 11.9. The zero-order valence-corrected chi connectivity index (χ0v) is 17.9. The van der Waals surface area contributed by atoms with Gasteiger partial charge in [-0.25, -0.2) is 4.79 Å². The lowest BCUT2D eigenvalue weighted by Crippen LogP contribution is -1.98. The van der Waals surface area contributed by atoms with Crippen LogP contribution in [0.4, 0.5) is 5.69 Å². The second kappa shape index (κ2) is 9.25. The molecule has 162 valence electrons. The molecule has 6 nitrogen and oxygen atoms in total. The van der Waals surface area contributed by atoms with Gasteiger partial charge in [0.15, 0.2) is 0 Å². The average molecular weight is 435 g/mol. The highest BCUT2D eigenvalue weighted by atomic mass is 16.4. The zero-order valence-electron chi connectivity index (χ0n) is 17.9. The van der Waals surface area contributed by atoms with Gasteiger partial charge in [0.25, 0.3) is 0 Å². The maximum absolute atomic E-state index is 11.9. The highest BCUT2D eigenvalue weighted by molar-refractivity contribution is 5.97. The summed E-state index contributed by atoms with van der Waals surface area (Å²) in [6.45, 7) is 1.96. The molecule has 0 bridgehead atoms. The van der Waals surface area contributed by atoms with Gasteiger partial charge >= 0.3 is 5.97 Å². The summed E-state index contributed by atoms with van der Waals surface area (Å²) in [6, 6.07) is 23.6. The fourth-order valence-electron chi connectivity index (χ4n) is 3.64. The number of aliphatic imine (C=N–C) groups is 1. The normalized spacial score (nSPS) is 10.9. The Morgan fingerprint density at radius 2 is 1.79 bits per heavy atom. The number of hydrogen-bond acceptors (Lipinski definition) is 4. The van der Waals surface area contributed by atoms with Crippen LogP contribution < -0.4 is 0 Å². The number of rotatable bonds is 6. The van der Waals surface area contributed by atoms with Gasteiger partial charge in [-0.3, -0.25) is 9.56 Å². The first-order valence-electron chi connectivity index (χ1n) is 10.4. The van der Waals surface area contributed by atoms with Gasteiger partial charge in [-0.1, -0.05) is 43.3 Å². The van der Waals surface area contributed by atoms with Crippen molar-refractivity contribution in [1.82, 2.24) is 4.57 Å². The Balaban J connectivity index is 1.72. The Morgan fingerprint density at radius 1 is 1.06 bits per heavy atom. The molecule has 0 saturated heterocycles. The van der Waals surface area contributed by atoms with Crippen molar-refractivity contribution in [3.63, 3.8) is 0 Å². The van der Waals surface area contributed by atoms with Gasteiger partial charge in [0.05, 0.1) is 28.4 Å². The summed E-state index contributed by atoms with van der Waals surface area (Å²) in [5.74, 6) is -1.08. The van der Waals surface area contributed by atoms with Crippen LogP contribution in [0.1, 0.15) is 34.0 Å². The van der Waals surface area contributed by atoms with Crippen LogP contribution in [0.3, 0.4) is 0 Å². The first-order chi connectivity index (χ1) is 16.0. The second-order valence-corrected chi connectivity index (χ2v) is 7.44. The summed E-state index contributed by atoms with van der Waals surface area (Å²) in [5, 5.41) is 29.6. The Bertz CT molecular complexity index is 1380.